The normalized spacial score (nSPS) is 11.6. The molecule has 1 aromatic carbocycles. The molecule has 7 heteroatoms. The standard InChI is InChI=1S/C12H14ClFN2O3/c1-7(5-11(17)19-2)15-12(18)16-8-3-4-10(14)9(13)6-8/h3-4,6-7H,5H2,1-2H3,(H2,15,16,18). The summed E-state index contributed by atoms with van der Waals surface area (Å²) in [6, 6.07) is 2.92. The van der Waals surface area contributed by atoms with Crippen LogP contribution in [0, 0.1) is 5.82 Å². The molecule has 0 heterocycles. The Hall–Kier alpha value is -1.82. The number of halogens is 2. The number of amides is 2. The molecule has 5 nitrogen and oxygen atoms in total. The van der Waals surface area contributed by atoms with Crippen molar-refractivity contribution in [3.63, 3.8) is 0 Å². The third kappa shape index (κ3) is 5.13. The van der Waals surface area contributed by atoms with Gasteiger partial charge in [0, 0.05) is 11.7 Å². The maximum absolute atomic E-state index is 12.9. The van der Waals surface area contributed by atoms with Gasteiger partial charge in [-0.3, -0.25) is 4.79 Å². The molecule has 2 N–H and O–H groups in total. The Morgan fingerprint density at radius 1 is 1.47 bits per heavy atom. The van der Waals surface area contributed by atoms with Gasteiger partial charge in [-0.25, -0.2) is 9.18 Å². The molecule has 0 aliphatic rings. The second-order valence-electron chi connectivity index (χ2n) is 3.91. The van der Waals surface area contributed by atoms with Gasteiger partial charge in [0.1, 0.15) is 5.82 Å². The minimum absolute atomic E-state index is 0.0636. The Bertz CT molecular complexity index is 482. The van der Waals surface area contributed by atoms with E-state index in [1.165, 1.54) is 19.2 Å². The summed E-state index contributed by atoms with van der Waals surface area (Å²) in [6.45, 7) is 1.66. The van der Waals surface area contributed by atoms with Crippen molar-refractivity contribution in [3.05, 3.63) is 29.0 Å². The number of hydrogen-bond acceptors (Lipinski definition) is 3. The lowest BCUT2D eigenvalue weighted by Gasteiger charge is -2.13. The monoisotopic (exact) mass is 288 g/mol. The molecule has 0 bridgehead atoms. The Labute approximate surface area is 115 Å². The fourth-order valence-electron chi connectivity index (χ4n) is 1.35. The van der Waals surface area contributed by atoms with E-state index >= 15 is 0 Å². The van der Waals surface area contributed by atoms with Crippen molar-refractivity contribution in [3.8, 4) is 0 Å². The third-order valence-electron chi connectivity index (χ3n) is 2.26. The Balaban J connectivity index is 2.50. The van der Waals surface area contributed by atoms with Crippen molar-refractivity contribution >= 4 is 29.3 Å². The van der Waals surface area contributed by atoms with Gasteiger partial charge >= 0.3 is 12.0 Å². The molecule has 2 amide bonds. The lowest BCUT2D eigenvalue weighted by atomic mass is 10.2. The van der Waals surface area contributed by atoms with Crippen LogP contribution in [-0.4, -0.2) is 25.2 Å². The highest BCUT2D eigenvalue weighted by atomic mass is 35.5. The van der Waals surface area contributed by atoms with Crippen LogP contribution >= 0.6 is 11.6 Å². The van der Waals surface area contributed by atoms with Crippen LogP contribution in [0.25, 0.3) is 0 Å². The first-order chi connectivity index (χ1) is 8.92. The van der Waals surface area contributed by atoms with E-state index in [-0.39, 0.29) is 17.5 Å². The molecule has 1 unspecified atom stereocenters. The van der Waals surface area contributed by atoms with Gasteiger partial charge in [-0.1, -0.05) is 11.6 Å². The first-order valence-corrected chi connectivity index (χ1v) is 5.89. The van der Waals surface area contributed by atoms with E-state index in [1.807, 2.05) is 0 Å². The quantitative estimate of drug-likeness (QED) is 0.837. The largest absolute Gasteiger partial charge is 0.469 e. The van der Waals surface area contributed by atoms with Gasteiger partial charge in [-0.05, 0) is 25.1 Å². The fraction of sp³-hybridized carbons (Fsp3) is 0.333. The molecule has 1 atom stereocenters. The molecule has 0 aliphatic heterocycles. The van der Waals surface area contributed by atoms with Crippen molar-refractivity contribution in [2.75, 3.05) is 12.4 Å². The molecule has 104 valence electrons. The van der Waals surface area contributed by atoms with E-state index < -0.39 is 17.8 Å². The van der Waals surface area contributed by atoms with Crippen molar-refractivity contribution < 1.29 is 18.7 Å². The lowest BCUT2D eigenvalue weighted by molar-refractivity contribution is -0.141. The summed E-state index contributed by atoms with van der Waals surface area (Å²) in [5.41, 5.74) is 0.356. The molecule has 0 radical (unpaired) electrons. The molecular formula is C12H14ClFN2O3. The van der Waals surface area contributed by atoms with E-state index in [2.05, 4.69) is 15.4 Å². The summed E-state index contributed by atoms with van der Waals surface area (Å²) in [7, 11) is 1.27. The number of carbonyl (C=O) groups excluding carboxylic acids is 2. The van der Waals surface area contributed by atoms with Crippen LogP contribution in [0.15, 0.2) is 18.2 Å². The summed E-state index contributed by atoms with van der Waals surface area (Å²) in [6.07, 6.45) is 0.0636. The van der Waals surface area contributed by atoms with E-state index in [4.69, 9.17) is 11.6 Å². The molecule has 0 fully saturated rings. The molecule has 1 rings (SSSR count). The minimum Gasteiger partial charge on any atom is -0.469 e. The number of methoxy groups -OCH3 is 1. The first-order valence-electron chi connectivity index (χ1n) is 5.51. The average molecular weight is 289 g/mol. The zero-order chi connectivity index (χ0) is 14.4. The average Bonchev–Trinajstić information content (AvgIpc) is 2.33. The minimum atomic E-state index is -0.563. The molecule has 0 aromatic heterocycles. The number of ether oxygens (including phenoxy) is 1. The van der Waals surface area contributed by atoms with Gasteiger partial charge in [0.2, 0.25) is 0 Å². The number of rotatable bonds is 4. The van der Waals surface area contributed by atoms with Crippen molar-refractivity contribution in [2.45, 2.75) is 19.4 Å². The Morgan fingerprint density at radius 2 is 2.16 bits per heavy atom. The molecule has 0 saturated heterocycles. The lowest BCUT2D eigenvalue weighted by Crippen LogP contribution is -2.37. The number of esters is 1. The van der Waals surface area contributed by atoms with Gasteiger partial charge in [-0.15, -0.1) is 0 Å². The van der Waals surface area contributed by atoms with E-state index in [9.17, 15) is 14.0 Å². The number of hydrogen-bond donors (Lipinski definition) is 2. The van der Waals surface area contributed by atoms with Gasteiger partial charge in [0.15, 0.2) is 0 Å². The van der Waals surface area contributed by atoms with Crippen LogP contribution in [-0.2, 0) is 9.53 Å². The maximum atomic E-state index is 12.9. The molecular weight excluding hydrogens is 275 g/mol. The summed E-state index contributed by atoms with van der Waals surface area (Å²) >= 11 is 5.58. The van der Waals surface area contributed by atoms with Crippen LogP contribution in [0.5, 0.6) is 0 Å². The van der Waals surface area contributed by atoms with Gasteiger partial charge in [-0.2, -0.15) is 0 Å². The number of benzene rings is 1. The zero-order valence-corrected chi connectivity index (χ0v) is 11.3. The Morgan fingerprint density at radius 3 is 2.74 bits per heavy atom. The highest BCUT2D eigenvalue weighted by Gasteiger charge is 2.12. The second kappa shape index (κ2) is 6.94. The summed E-state index contributed by atoms with van der Waals surface area (Å²) in [5.74, 6) is -0.982. The smallest absolute Gasteiger partial charge is 0.319 e. The van der Waals surface area contributed by atoms with Crippen LogP contribution in [0.3, 0.4) is 0 Å². The predicted octanol–water partition coefficient (Wildman–Crippen LogP) is 2.55. The maximum Gasteiger partial charge on any atom is 0.319 e. The predicted molar refractivity (Wildman–Crippen MR) is 69.7 cm³/mol. The number of anilines is 1. The molecule has 0 spiro atoms. The first kappa shape index (κ1) is 15.2. The molecule has 0 aliphatic carbocycles. The van der Waals surface area contributed by atoms with E-state index in [1.54, 1.807) is 6.92 Å². The van der Waals surface area contributed by atoms with Gasteiger partial charge in [0.05, 0.1) is 18.6 Å². The number of nitrogens with one attached hydrogen (secondary N) is 2. The fourth-order valence-corrected chi connectivity index (χ4v) is 1.53. The molecule has 1 aromatic rings. The highest BCUT2D eigenvalue weighted by Crippen LogP contribution is 2.19. The highest BCUT2D eigenvalue weighted by molar-refractivity contribution is 6.31. The van der Waals surface area contributed by atoms with Crippen molar-refractivity contribution in [2.24, 2.45) is 0 Å². The van der Waals surface area contributed by atoms with E-state index in [0.717, 1.165) is 6.07 Å². The molecule has 19 heavy (non-hydrogen) atoms. The number of carbonyl (C=O) groups is 2. The third-order valence-corrected chi connectivity index (χ3v) is 2.55. The van der Waals surface area contributed by atoms with E-state index in [0.29, 0.717) is 5.69 Å². The van der Waals surface area contributed by atoms with Crippen molar-refractivity contribution in [1.29, 1.82) is 0 Å². The van der Waals surface area contributed by atoms with Gasteiger partial charge in [0.25, 0.3) is 0 Å². The summed E-state index contributed by atoms with van der Waals surface area (Å²) in [4.78, 5) is 22.6. The number of urea groups is 1. The van der Waals surface area contributed by atoms with Crippen LogP contribution < -0.4 is 10.6 Å². The Kier molecular flexibility index (Phi) is 5.57. The SMILES string of the molecule is COC(=O)CC(C)NC(=O)Nc1ccc(F)c(Cl)c1. The van der Waals surface area contributed by atoms with Crippen LogP contribution in [0.1, 0.15) is 13.3 Å². The summed E-state index contributed by atoms with van der Waals surface area (Å²) in [5, 5.41) is 4.94. The second-order valence-corrected chi connectivity index (χ2v) is 4.32. The molecule has 0 saturated carbocycles. The van der Waals surface area contributed by atoms with Crippen LogP contribution in [0.2, 0.25) is 5.02 Å². The van der Waals surface area contributed by atoms with Crippen LogP contribution in [0.4, 0.5) is 14.9 Å². The topological polar surface area (TPSA) is 67.4 Å². The van der Waals surface area contributed by atoms with Crippen molar-refractivity contribution in [1.82, 2.24) is 5.32 Å². The summed E-state index contributed by atoms with van der Waals surface area (Å²) < 4.78 is 17.4. The van der Waals surface area contributed by atoms with Gasteiger partial charge < -0.3 is 15.4 Å². The zero-order valence-electron chi connectivity index (χ0n) is 10.5.